The fourth-order valence-corrected chi connectivity index (χ4v) is 3.09. The average molecular weight is 348 g/mol. The van der Waals surface area contributed by atoms with Crippen molar-refractivity contribution in [2.45, 2.75) is 45.4 Å². The third-order valence-electron chi connectivity index (χ3n) is 4.86. The zero-order valence-corrected chi connectivity index (χ0v) is 15.7. The molecule has 2 N–H and O–H groups in total. The van der Waals surface area contributed by atoms with Crippen LogP contribution in [0.25, 0.3) is 0 Å². The number of benzene rings is 2. The summed E-state index contributed by atoms with van der Waals surface area (Å²) in [7, 11) is 0. The number of unbranched alkanes of at least 4 members (excludes halogenated alkanes) is 1. The van der Waals surface area contributed by atoms with E-state index in [9.17, 15) is 4.79 Å². The van der Waals surface area contributed by atoms with Crippen molar-refractivity contribution >= 4 is 17.7 Å². The third kappa shape index (κ3) is 5.48. The summed E-state index contributed by atoms with van der Waals surface area (Å²) in [5, 5.41) is 15.4. The molecule has 2 atom stereocenters. The topological polar surface area (TPSA) is 64.8 Å². The van der Waals surface area contributed by atoms with E-state index >= 15 is 0 Å². The van der Waals surface area contributed by atoms with Crippen LogP contribution in [-0.4, -0.2) is 17.7 Å². The van der Waals surface area contributed by atoms with Crippen molar-refractivity contribution in [3.8, 4) is 0 Å². The maximum atomic E-state index is 12.6. The highest BCUT2D eigenvalue weighted by Crippen LogP contribution is 2.24. The second-order valence-corrected chi connectivity index (χ2v) is 6.99. The minimum Gasteiger partial charge on any atom is -0.313 e. The molecule has 26 heavy (non-hydrogen) atoms. The molecule has 2 unspecified atom stereocenters. The highest BCUT2D eigenvalue weighted by atomic mass is 16.1. The van der Waals surface area contributed by atoms with Gasteiger partial charge in [0.05, 0.1) is 0 Å². The molecule has 0 aliphatic rings. The van der Waals surface area contributed by atoms with E-state index < -0.39 is 0 Å². The molecule has 0 fully saturated rings. The largest absolute Gasteiger partial charge is 0.313 e. The third-order valence-corrected chi connectivity index (χ3v) is 4.86. The van der Waals surface area contributed by atoms with Crippen molar-refractivity contribution in [2.24, 2.45) is 5.92 Å². The molecule has 2 aromatic carbocycles. The minimum atomic E-state index is 0.0368. The van der Waals surface area contributed by atoms with Crippen molar-refractivity contribution in [1.29, 1.82) is 10.8 Å². The summed E-state index contributed by atoms with van der Waals surface area (Å²) in [5.41, 5.74) is 3.25. The van der Waals surface area contributed by atoms with Crippen LogP contribution in [0, 0.1) is 16.7 Å². The predicted molar refractivity (Wildman–Crippen MR) is 109 cm³/mol. The van der Waals surface area contributed by atoms with Crippen molar-refractivity contribution in [2.75, 3.05) is 0 Å². The fraction of sp³-hybridized carbons (Fsp3) is 0.348. The van der Waals surface area contributed by atoms with E-state index in [-0.39, 0.29) is 17.6 Å². The van der Waals surface area contributed by atoms with Crippen LogP contribution >= 0.6 is 0 Å². The van der Waals surface area contributed by atoms with E-state index in [0.717, 1.165) is 30.5 Å². The summed E-state index contributed by atoms with van der Waals surface area (Å²) in [6.45, 7) is 4.21. The first-order chi connectivity index (χ1) is 12.5. The Hall–Kier alpha value is -2.55. The molecule has 2 aromatic rings. The average Bonchev–Trinajstić information content (AvgIpc) is 2.68. The Labute approximate surface area is 156 Å². The quantitative estimate of drug-likeness (QED) is 0.314. The van der Waals surface area contributed by atoms with Gasteiger partial charge >= 0.3 is 0 Å². The van der Waals surface area contributed by atoms with E-state index in [4.69, 9.17) is 10.8 Å². The standard InChI is InChI=1S/C23H28N2O/c1-17(9-6-7-14-24)22(25)15-18(2)20-12-8-13-21(16-20)23(26)19-10-4-3-5-11-19/h3-5,8,10-14,16-18,24-25H,6-7,9,15H2,1-2H3. The molecule has 0 heterocycles. The molecule has 0 bridgehead atoms. The van der Waals surface area contributed by atoms with Crippen molar-refractivity contribution in [3.05, 3.63) is 71.3 Å². The van der Waals surface area contributed by atoms with E-state index in [1.54, 1.807) is 0 Å². The van der Waals surface area contributed by atoms with Gasteiger partial charge in [0.15, 0.2) is 5.78 Å². The number of hydrogen-bond donors (Lipinski definition) is 2. The molecule has 3 nitrogen and oxygen atoms in total. The summed E-state index contributed by atoms with van der Waals surface area (Å²) >= 11 is 0. The molecule has 0 radical (unpaired) electrons. The first-order valence-corrected chi connectivity index (χ1v) is 9.29. The number of rotatable bonds is 10. The molecule has 2 rings (SSSR count). The zero-order valence-electron chi connectivity index (χ0n) is 15.7. The van der Waals surface area contributed by atoms with Gasteiger partial charge in [0.25, 0.3) is 0 Å². The van der Waals surface area contributed by atoms with E-state index in [1.165, 1.54) is 6.21 Å². The highest BCUT2D eigenvalue weighted by Gasteiger charge is 2.16. The van der Waals surface area contributed by atoms with Crippen molar-refractivity contribution < 1.29 is 4.79 Å². The van der Waals surface area contributed by atoms with Crippen LogP contribution < -0.4 is 0 Å². The van der Waals surface area contributed by atoms with Gasteiger partial charge in [-0.1, -0.05) is 62.4 Å². The maximum absolute atomic E-state index is 12.6. The van der Waals surface area contributed by atoms with E-state index in [0.29, 0.717) is 17.5 Å². The van der Waals surface area contributed by atoms with Gasteiger partial charge in [-0.2, -0.15) is 0 Å². The summed E-state index contributed by atoms with van der Waals surface area (Å²) in [6.07, 6.45) is 4.84. The van der Waals surface area contributed by atoms with E-state index in [2.05, 4.69) is 13.8 Å². The first kappa shape index (κ1) is 19.8. The first-order valence-electron chi connectivity index (χ1n) is 9.29. The number of carbonyl (C=O) groups is 1. The number of carbonyl (C=O) groups excluding carboxylic acids is 1. The van der Waals surface area contributed by atoms with Crippen LogP contribution in [0.3, 0.4) is 0 Å². The Morgan fingerprint density at radius 2 is 1.73 bits per heavy atom. The van der Waals surface area contributed by atoms with Crippen LogP contribution in [0.15, 0.2) is 54.6 Å². The Kier molecular flexibility index (Phi) is 7.46. The van der Waals surface area contributed by atoms with Gasteiger partial charge in [-0.15, -0.1) is 0 Å². The van der Waals surface area contributed by atoms with Crippen LogP contribution in [-0.2, 0) is 0 Å². The lowest BCUT2D eigenvalue weighted by Gasteiger charge is -2.18. The molecule has 0 saturated heterocycles. The predicted octanol–water partition coefficient (Wildman–Crippen LogP) is 5.89. The highest BCUT2D eigenvalue weighted by molar-refractivity contribution is 6.09. The smallest absolute Gasteiger partial charge is 0.193 e. The van der Waals surface area contributed by atoms with Crippen LogP contribution in [0.5, 0.6) is 0 Å². The van der Waals surface area contributed by atoms with Gasteiger partial charge in [0, 0.05) is 16.8 Å². The maximum Gasteiger partial charge on any atom is 0.193 e. The molecule has 0 spiro atoms. The van der Waals surface area contributed by atoms with Crippen molar-refractivity contribution in [3.63, 3.8) is 0 Å². The number of nitrogens with one attached hydrogen (secondary N) is 2. The molecular weight excluding hydrogens is 320 g/mol. The summed E-state index contributed by atoms with van der Waals surface area (Å²) in [6, 6.07) is 17.1. The summed E-state index contributed by atoms with van der Waals surface area (Å²) in [5.74, 6) is 0.484. The van der Waals surface area contributed by atoms with Gasteiger partial charge in [-0.25, -0.2) is 0 Å². The Morgan fingerprint density at radius 3 is 2.42 bits per heavy atom. The lowest BCUT2D eigenvalue weighted by atomic mass is 9.87. The second kappa shape index (κ2) is 9.81. The molecule has 0 aliphatic heterocycles. The SMILES string of the molecule is CC(CCCC=N)C(=N)CC(C)c1cccc(C(=O)c2ccccc2)c1. The molecule has 0 aromatic heterocycles. The second-order valence-electron chi connectivity index (χ2n) is 6.99. The number of ketones is 1. The van der Waals surface area contributed by atoms with Crippen molar-refractivity contribution in [1.82, 2.24) is 0 Å². The molecule has 3 heteroatoms. The summed E-state index contributed by atoms with van der Waals surface area (Å²) < 4.78 is 0. The van der Waals surface area contributed by atoms with Gasteiger partial charge < -0.3 is 10.8 Å². The van der Waals surface area contributed by atoms with Crippen LogP contribution in [0.4, 0.5) is 0 Å². The lowest BCUT2D eigenvalue weighted by Crippen LogP contribution is -2.13. The minimum absolute atomic E-state index is 0.0368. The molecule has 0 aliphatic carbocycles. The Balaban J connectivity index is 2.03. The molecule has 136 valence electrons. The van der Waals surface area contributed by atoms with Gasteiger partial charge in [0.2, 0.25) is 0 Å². The Bertz CT molecular complexity index is 752. The zero-order chi connectivity index (χ0) is 18.9. The number of hydrogen-bond acceptors (Lipinski definition) is 3. The van der Waals surface area contributed by atoms with Crippen LogP contribution in [0.1, 0.15) is 66.9 Å². The molecule has 0 saturated carbocycles. The fourth-order valence-electron chi connectivity index (χ4n) is 3.09. The Morgan fingerprint density at radius 1 is 1.04 bits per heavy atom. The van der Waals surface area contributed by atoms with Gasteiger partial charge in [0.1, 0.15) is 0 Å². The van der Waals surface area contributed by atoms with Crippen LogP contribution in [0.2, 0.25) is 0 Å². The lowest BCUT2D eigenvalue weighted by molar-refractivity contribution is 0.103. The van der Waals surface area contributed by atoms with Gasteiger partial charge in [-0.05, 0) is 55.4 Å². The van der Waals surface area contributed by atoms with E-state index in [1.807, 2.05) is 54.6 Å². The molecule has 0 amide bonds. The normalized spacial score (nSPS) is 13.0. The summed E-state index contributed by atoms with van der Waals surface area (Å²) in [4.78, 5) is 12.6. The molecular formula is C23H28N2O. The monoisotopic (exact) mass is 348 g/mol. The van der Waals surface area contributed by atoms with Gasteiger partial charge in [-0.3, -0.25) is 4.79 Å².